The van der Waals surface area contributed by atoms with E-state index in [1.807, 2.05) is 24.3 Å². The van der Waals surface area contributed by atoms with Crippen LogP contribution in [0.4, 0.5) is 4.39 Å². The lowest BCUT2D eigenvalue weighted by Crippen LogP contribution is -2.73. The van der Waals surface area contributed by atoms with Crippen molar-refractivity contribution in [3.63, 3.8) is 0 Å². The van der Waals surface area contributed by atoms with Crippen molar-refractivity contribution in [3.8, 4) is 11.8 Å². The Morgan fingerprint density at radius 3 is 2.50 bits per heavy atom. The Morgan fingerprint density at radius 1 is 1.09 bits per heavy atom. The normalized spacial score (nSPS) is 24.7. The molecule has 2 aliphatic heterocycles. The molecule has 164 valence electrons. The number of hydrogen-bond acceptors (Lipinski definition) is 3. The van der Waals surface area contributed by atoms with E-state index in [0.717, 1.165) is 30.4 Å². The van der Waals surface area contributed by atoms with Crippen molar-refractivity contribution in [1.82, 2.24) is 9.80 Å². The monoisotopic (exact) mass is 432 g/mol. The van der Waals surface area contributed by atoms with Gasteiger partial charge in [-0.2, -0.15) is 0 Å². The first-order valence-electron chi connectivity index (χ1n) is 11.1. The van der Waals surface area contributed by atoms with Crippen LogP contribution in [0, 0.1) is 23.6 Å². The molecular weight excluding hydrogens is 407 g/mol. The Kier molecular flexibility index (Phi) is 5.44. The molecule has 2 amide bonds. The van der Waals surface area contributed by atoms with E-state index in [1.54, 1.807) is 21.9 Å². The number of hydrogen-bond donors (Lipinski definition) is 1. The number of aliphatic hydroxyl groups is 1. The van der Waals surface area contributed by atoms with Crippen LogP contribution in [0.2, 0.25) is 0 Å². The first kappa shape index (κ1) is 20.7. The molecule has 2 heterocycles. The third kappa shape index (κ3) is 3.67. The van der Waals surface area contributed by atoms with Gasteiger partial charge in [-0.05, 0) is 48.7 Å². The molecule has 5 nitrogen and oxygen atoms in total. The van der Waals surface area contributed by atoms with E-state index in [4.69, 9.17) is 0 Å². The molecule has 0 unspecified atom stereocenters. The molecule has 0 aromatic heterocycles. The molecule has 3 atom stereocenters. The van der Waals surface area contributed by atoms with Gasteiger partial charge >= 0.3 is 0 Å². The Bertz CT molecular complexity index is 1100. The van der Waals surface area contributed by atoms with Crippen LogP contribution in [0.25, 0.3) is 0 Å². The number of fused-ring (bicyclic) bond motifs is 1. The molecule has 32 heavy (non-hydrogen) atoms. The standard InChI is InChI=1S/C26H25FN2O3/c27-21-6-1-3-18(13-21)8-7-17-9-11-19(12-10-17)25-22-14-28(26(32)20-4-2-5-20)15-24(31)29(22)23(25)16-30/h1,3,6,9-13,20,22-23,25,30H,2,4-5,14-16H2/t22-,23-,25+/m1/s1. The lowest BCUT2D eigenvalue weighted by Gasteiger charge is -2.59. The fraction of sp³-hybridized carbons (Fsp3) is 0.385. The average Bonchev–Trinajstić information content (AvgIpc) is 2.73. The van der Waals surface area contributed by atoms with Gasteiger partial charge in [0.25, 0.3) is 0 Å². The number of benzene rings is 2. The highest BCUT2D eigenvalue weighted by atomic mass is 19.1. The highest BCUT2D eigenvalue weighted by Gasteiger charge is 2.54. The summed E-state index contributed by atoms with van der Waals surface area (Å²) in [6, 6.07) is 13.5. The molecule has 2 saturated heterocycles. The number of halogens is 1. The molecule has 1 N–H and O–H groups in total. The molecule has 3 aliphatic rings. The number of carbonyl (C=O) groups excluding carboxylic acids is 2. The van der Waals surface area contributed by atoms with Crippen LogP contribution in [0.15, 0.2) is 48.5 Å². The number of aliphatic hydroxyl groups excluding tert-OH is 1. The topological polar surface area (TPSA) is 60.9 Å². The predicted octanol–water partition coefficient (Wildman–Crippen LogP) is 2.52. The lowest BCUT2D eigenvalue weighted by molar-refractivity contribution is -0.169. The summed E-state index contributed by atoms with van der Waals surface area (Å²) in [5, 5.41) is 9.94. The minimum atomic E-state index is -0.316. The maximum absolute atomic E-state index is 13.3. The summed E-state index contributed by atoms with van der Waals surface area (Å²) in [6.07, 6.45) is 2.91. The molecule has 3 fully saturated rings. The van der Waals surface area contributed by atoms with E-state index in [0.29, 0.717) is 12.1 Å². The molecule has 2 aromatic rings. The highest BCUT2D eigenvalue weighted by Crippen LogP contribution is 2.43. The van der Waals surface area contributed by atoms with Crippen molar-refractivity contribution in [2.24, 2.45) is 5.92 Å². The summed E-state index contributed by atoms with van der Waals surface area (Å²) in [7, 11) is 0. The molecular formula is C26H25FN2O3. The zero-order valence-corrected chi connectivity index (χ0v) is 17.7. The van der Waals surface area contributed by atoms with Gasteiger partial charge in [0.05, 0.1) is 25.2 Å². The summed E-state index contributed by atoms with van der Waals surface area (Å²) >= 11 is 0. The van der Waals surface area contributed by atoms with Gasteiger partial charge in [0, 0.05) is 29.5 Å². The smallest absolute Gasteiger partial charge is 0.242 e. The largest absolute Gasteiger partial charge is 0.394 e. The fourth-order valence-corrected chi connectivity index (χ4v) is 5.08. The fourth-order valence-electron chi connectivity index (χ4n) is 5.08. The maximum atomic E-state index is 13.3. The first-order chi connectivity index (χ1) is 15.5. The molecule has 0 spiro atoms. The van der Waals surface area contributed by atoms with Gasteiger partial charge in [-0.25, -0.2) is 4.39 Å². The summed E-state index contributed by atoms with van der Waals surface area (Å²) < 4.78 is 13.3. The van der Waals surface area contributed by atoms with Crippen molar-refractivity contribution >= 4 is 11.8 Å². The summed E-state index contributed by atoms with van der Waals surface area (Å²) in [6.45, 7) is 0.525. The number of rotatable bonds is 3. The van der Waals surface area contributed by atoms with Crippen molar-refractivity contribution in [2.45, 2.75) is 37.3 Å². The van der Waals surface area contributed by atoms with Crippen LogP contribution in [-0.4, -0.2) is 58.5 Å². The lowest BCUT2D eigenvalue weighted by atomic mass is 9.73. The number of carbonyl (C=O) groups is 2. The van der Waals surface area contributed by atoms with Gasteiger partial charge in [-0.1, -0.05) is 36.5 Å². The van der Waals surface area contributed by atoms with Gasteiger partial charge in [-0.3, -0.25) is 9.59 Å². The van der Waals surface area contributed by atoms with Gasteiger partial charge in [0.1, 0.15) is 5.82 Å². The minimum absolute atomic E-state index is 0.0221. The molecule has 5 rings (SSSR count). The first-order valence-corrected chi connectivity index (χ1v) is 11.1. The third-order valence-electron chi connectivity index (χ3n) is 6.99. The maximum Gasteiger partial charge on any atom is 0.242 e. The van der Waals surface area contributed by atoms with E-state index in [2.05, 4.69) is 11.8 Å². The van der Waals surface area contributed by atoms with Gasteiger partial charge in [0.15, 0.2) is 0 Å². The van der Waals surface area contributed by atoms with Crippen LogP contribution in [0.3, 0.4) is 0 Å². The van der Waals surface area contributed by atoms with Crippen molar-refractivity contribution in [1.29, 1.82) is 0 Å². The van der Waals surface area contributed by atoms with E-state index in [1.165, 1.54) is 12.1 Å². The average molecular weight is 432 g/mol. The van der Waals surface area contributed by atoms with Crippen molar-refractivity contribution < 1.29 is 19.1 Å². The highest BCUT2D eigenvalue weighted by molar-refractivity contribution is 5.89. The van der Waals surface area contributed by atoms with E-state index >= 15 is 0 Å². The SMILES string of the molecule is O=C(C1CCC1)N1CC(=O)N2[C@H](CO)[C@@H](c3ccc(C#Cc4cccc(F)c4)cc3)[C@H]2C1. The summed E-state index contributed by atoms with van der Waals surface area (Å²) in [5.41, 5.74) is 2.43. The molecule has 1 saturated carbocycles. The zero-order chi connectivity index (χ0) is 22.2. The predicted molar refractivity (Wildman–Crippen MR) is 117 cm³/mol. The van der Waals surface area contributed by atoms with Crippen molar-refractivity contribution in [3.05, 3.63) is 71.0 Å². The Hall–Kier alpha value is -3.17. The summed E-state index contributed by atoms with van der Waals surface area (Å²) in [4.78, 5) is 28.9. The second-order valence-corrected chi connectivity index (χ2v) is 8.87. The Balaban J connectivity index is 1.33. The van der Waals surface area contributed by atoms with Crippen LogP contribution in [0.1, 0.15) is 41.9 Å². The second-order valence-electron chi connectivity index (χ2n) is 8.87. The molecule has 6 heteroatoms. The summed E-state index contributed by atoms with van der Waals surface area (Å²) in [5.74, 6) is 5.75. The third-order valence-corrected chi connectivity index (χ3v) is 6.99. The van der Waals surface area contributed by atoms with Crippen LogP contribution >= 0.6 is 0 Å². The number of amides is 2. The van der Waals surface area contributed by atoms with E-state index in [-0.39, 0.29) is 54.7 Å². The second kappa shape index (κ2) is 8.40. The number of piperazine rings is 1. The molecule has 2 aromatic carbocycles. The van der Waals surface area contributed by atoms with E-state index in [9.17, 15) is 19.1 Å². The van der Waals surface area contributed by atoms with Crippen molar-refractivity contribution in [2.75, 3.05) is 19.7 Å². The van der Waals surface area contributed by atoms with E-state index < -0.39 is 0 Å². The van der Waals surface area contributed by atoms with Gasteiger partial charge in [0.2, 0.25) is 11.8 Å². The Morgan fingerprint density at radius 2 is 1.84 bits per heavy atom. The van der Waals surface area contributed by atoms with Crippen LogP contribution in [0.5, 0.6) is 0 Å². The molecule has 1 aliphatic carbocycles. The minimum Gasteiger partial charge on any atom is -0.394 e. The molecule has 0 bridgehead atoms. The molecule has 0 radical (unpaired) electrons. The number of nitrogens with zero attached hydrogens (tertiary/aromatic N) is 2. The zero-order valence-electron chi connectivity index (χ0n) is 17.7. The van der Waals surface area contributed by atoms with Crippen LogP contribution in [-0.2, 0) is 9.59 Å². The Labute approximate surface area is 186 Å². The quantitative estimate of drug-likeness (QED) is 0.759. The van der Waals surface area contributed by atoms with Crippen LogP contribution < -0.4 is 0 Å². The van der Waals surface area contributed by atoms with Gasteiger partial charge in [-0.15, -0.1) is 0 Å². The van der Waals surface area contributed by atoms with Gasteiger partial charge < -0.3 is 14.9 Å².